The molecule has 0 radical (unpaired) electrons. The normalized spacial score (nSPS) is 12.1. The summed E-state index contributed by atoms with van der Waals surface area (Å²) >= 11 is 6.17. The number of benzene rings is 2. The molecule has 0 aliphatic rings. The van der Waals surface area contributed by atoms with Gasteiger partial charge < -0.3 is 15.2 Å². The van der Waals surface area contributed by atoms with Crippen LogP contribution in [-0.4, -0.2) is 14.2 Å². The Morgan fingerprint density at radius 1 is 1.10 bits per heavy atom. The fourth-order valence-electron chi connectivity index (χ4n) is 1.94. The zero-order valence-corrected chi connectivity index (χ0v) is 11.9. The quantitative estimate of drug-likeness (QED) is 0.938. The van der Waals surface area contributed by atoms with Gasteiger partial charge in [0.2, 0.25) is 0 Å². The van der Waals surface area contributed by atoms with Gasteiger partial charge in [-0.05, 0) is 35.4 Å². The number of halogens is 2. The van der Waals surface area contributed by atoms with Gasteiger partial charge >= 0.3 is 0 Å². The molecule has 1 unspecified atom stereocenters. The number of hydrogen-bond donors (Lipinski definition) is 1. The predicted octanol–water partition coefficient (Wildman–Crippen LogP) is 3.54. The van der Waals surface area contributed by atoms with Crippen molar-refractivity contribution >= 4 is 11.6 Å². The molecule has 0 saturated carbocycles. The van der Waals surface area contributed by atoms with Crippen LogP contribution in [-0.2, 0) is 0 Å². The summed E-state index contributed by atoms with van der Waals surface area (Å²) in [7, 11) is 2.97. The molecule has 5 heteroatoms. The lowest BCUT2D eigenvalue weighted by atomic mass is 9.99. The average Bonchev–Trinajstić information content (AvgIpc) is 2.46. The van der Waals surface area contributed by atoms with Crippen LogP contribution in [0.15, 0.2) is 36.4 Å². The van der Waals surface area contributed by atoms with Gasteiger partial charge in [-0.2, -0.15) is 0 Å². The van der Waals surface area contributed by atoms with Crippen molar-refractivity contribution in [3.05, 3.63) is 58.4 Å². The Morgan fingerprint density at radius 3 is 2.40 bits per heavy atom. The standard InChI is InChI=1S/C15H15ClFNO2/c1-19-10-4-5-11(12(16)8-10)15(18)9-3-6-14(20-2)13(17)7-9/h3-8,15H,18H2,1-2H3. The lowest BCUT2D eigenvalue weighted by molar-refractivity contribution is 0.386. The number of hydrogen-bond acceptors (Lipinski definition) is 3. The van der Waals surface area contributed by atoms with Crippen molar-refractivity contribution in [3.8, 4) is 11.5 Å². The third-order valence-electron chi connectivity index (χ3n) is 3.08. The highest BCUT2D eigenvalue weighted by molar-refractivity contribution is 6.31. The average molecular weight is 296 g/mol. The minimum atomic E-state index is -0.520. The zero-order chi connectivity index (χ0) is 14.7. The van der Waals surface area contributed by atoms with Gasteiger partial charge in [-0.25, -0.2) is 4.39 Å². The van der Waals surface area contributed by atoms with Crippen LogP contribution in [0.4, 0.5) is 4.39 Å². The van der Waals surface area contributed by atoms with E-state index in [4.69, 9.17) is 26.8 Å². The maximum Gasteiger partial charge on any atom is 0.165 e. The topological polar surface area (TPSA) is 44.5 Å². The Labute approximate surface area is 122 Å². The van der Waals surface area contributed by atoms with Gasteiger partial charge in [0, 0.05) is 5.02 Å². The predicted molar refractivity (Wildman–Crippen MR) is 77.0 cm³/mol. The third kappa shape index (κ3) is 2.86. The lowest BCUT2D eigenvalue weighted by Crippen LogP contribution is -2.12. The van der Waals surface area contributed by atoms with E-state index in [-0.39, 0.29) is 5.75 Å². The summed E-state index contributed by atoms with van der Waals surface area (Å²) in [5.41, 5.74) is 7.46. The SMILES string of the molecule is COc1ccc(C(N)c2ccc(OC)c(F)c2)c(Cl)c1. The molecule has 2 aromatic rings. The molecule has 0 aliphatic heterocycles. The molecule has 3 nitrogen and oxygen atoms in total. The zero-order valence-electron chi connectivity index (χ0n) is 11.2. The second-order valence-electron chi connectivity index (χ2n) is 4.26. The molecule has 0 fully saturated rings. The van der Waals surface area contributed by atoms with E-state index in [1.165, 1.54) is 13.2 Å². The van der Waals surface area contributed by atoms with E-state index in [1.54, 1.807) is 37.4 Å². The van der Waals surface area contributed by atoms with E-state index in [2.05, 4.69) is 0 Å². The van der Waals surface area contributed by atoms with Crippen LogP contribution in [0.2, 0.25) is 5.02 Å². The molecule has 0 heterocycles. The van der Waals surface area contributed by atoms with Gasteiger partial charge in [-0.3, -0.25) is 0 Å². The van der Waals surface area contributed by atoms with Gasteiger partial charge in [-0.1, -0.05) is 23.7 Å². The molecule has 2 aromatic carbocycles. The first-order valence-electron chi connectivity index (χ1n) is 5.99. The molecule has 0 aromatic heterocycles. The smallest absolute Gasteiger partial charge is 0.165 e. The third-order valence-corrected chi connectivity index (χ3v) is 3.40. The Hall–Kier alpha value is -1.78. The second kappa shape index (κ2) is 6.11. The molecule has 0 aliphatic carbocycles. The van der Waals surface area contributed by atoms with E-state index < -0.39 is 11.9 Å². The molecule has 2 rings (SSSR count). The summed E-state index contributed by atoms with van der Waals surface area (Å²) < 4.78 is 23.7. The largest absolute Gasteiger partial charge is 0.497 e. The van der Waals surface area contributed by atoms with Crippen LogP contribution in [0.1, 0.15) is 17.2 Å². The Kier molecular flexibility index (Phi) is 4.47. The van der Waals surface area contributed by atoms with Crippen molar-refractivity contribution in [2.75, 3.05) is 14.2 Å². The van der Waals surface area contributed by atoms with Crippen molar-refractivity contribution in [3.63, 3.8) is 0 Å². The van der Waals surface area contributed by atoms with E-state index in [1.807, 2.05) is 0 Å². The van der Waals surface area contributed by atoms with E-state index >= 15 is 0 Å². The summed E-state index contributed by atoms with van der Waals surface area (Å²) in [5.74, 6) is 0.374. The molecule has 20 heavy (non-hydrogen) atoms. The van der Waals surface area contributed by atoms with Gasteiger partial charge in [0.05, 0.1) is 20.3 Å². The monoisotopic (exact) mass is 295 g/mol. The second-order valence-corrected chi connectivity index (χ2v) is 4.67. The Balaban J connectivity index is 2.35. The summed E-state index contributed by atoms with van der Waals surface area (Å²) in [4.78, 5) is 0. The van der Waals surface area contributed by atoms with Gasteiger partial charge in [-0.15, -0.1) is 0 Å². The number of ether oxygens (including phenoxy) is 2. The van der Waals surface area contributed by atoms with Crippen molar-refractivity contribution in [2.24, 2.45) is 5.73 Å². The molecule has 0 amide bonds. The first-order chi connectivity index (χ1) is 9.56. The number of methoxy groups -OCH3 is 2. The van der Waals surface area contributed by atoms with Crippen molar-refractivity contribution in [1.82, 2.24) is 0 Å². The van der Waals surface area contributed by atoms with Gasteiger partial charge in [0.1, 0.15) is 5.75 Å². The van der Waals surface area contributed by atoms with Gasteiger partial charge in [0.15, 0.2) is 11.6 Å². The van der Waals surface area contributed by atoms with Crippen LogP contribution < -0.4 is 15.2 Å². The maximum absolute atomic E-state index is 13.7. The molecular weight excluding hydrogens is 281 g/mol. The first-order valence-corrected chi connectivity index (χ1v) is 6.37. The first kappa shape index (κ1) is 14.6. The molecule has 106 valence electrons. The summed E-state index contributed by atoms with van der Waals surface area (Å²) in [6, 6.07) is 9.30. The van der Waals surface area contributed by atoms with Crippen molar-refractivity contribution in [1.29, 1.82) is 0 Å². The van der Waals surface area contributed by atoms with Crippen molar-refractivity contribution in [2.45, 2.75) is 6.04 Å². The molecular formula is C15H15ClFNO2. The van der Waals surface area contributed by atoms with E-state index in [0.717, 1.165) is 0 Å². The molecule has 0 saturated heterocycles. The maximum atomic E-state index is 13.7. The number of nitrogens with two attached hydrogens (primary N) is 1. The van der Waals surface area contributed by atoms with Crippen molar-refractivity contribution < 1.29 is 13.9 Å². The lowest BCUT2D eigenvalue weighted by Gasteiger charge is -2.15. The Morgan fingerprint density at radius 2 is 1.85 bits per heavy atom. The summed E-state index contributed by atoms with van der Waals surface area (Å²) in [5, 5.41) is 0.480. The minimum absolute atomic E-state index is 0.182. The van der Waals surface area contributed by atoms with Crippen LogP contribution >= 0.6 is 11.6 Å². The minimum Gasteiger partial charge on any atom is -0.497 e. The summed E-state index contributed by atoms with van der Waals surface area (Å²) in [6.45, 7) is 0. The highest BCUT2D eigenvalue weighted by atomic mass is 35.5. The highest BCUT2D eigenvalue weighted by Gasteiger charge is 2.15. The molecule has 1 atom stereocenters. The van der Waals surface area contributed by atoms with E-state index in [9.17, 15) is 4.39 Å². The highest BCUT2D eigenvalue weighted by Crippen LogP contribution is 2.31. The summed E-state index contributed by atoms with van der Waals surface area (Å²) in [6.07, 6.45) is 0. The Bertz CT molecular complexity index is 619. The number of rotatable bonds is 4. The molecule has 2 N–H and O–H groups in total. The van der Waals surface area contributed by atoms with Crippen LogP contribution in [0, 0.1) is 5.82 Å². The molecule has 0 bridgehead atoms. The van der Waals surface area contributed by atoms with E-state index in [0.29, 0.717) is 21.9 Å². The van der Waals surface area contributed by atoms with Crippen LogP contribution in [0.25, 0.3) is 0 Å². The van der Waals surface area contributed by atoms with Crippen LogP contribution in [0.3, 0.4) is 0 Å². The fourth-order valence-corrected chi connectivity index (χ4v) is 2.23. The fraction of sp³-hybridized carbons (Fsp3) is 0.200. The van der Waals surface area contributed by atoms with Crippen LogP contribution in [0.5, 0.6) is 11.5 Å². The van der Waals surface area contributed by atoms with Gasteiger partial charge in [0.25, 0.3) is 0 Å². The molecule has 0 spiro atoms.